The van der Waals surface area contributed by atoms with E-state index in [4.69, 9.17) is 4.74 Å². The molecule has 1 heterocycles. The van der Waals surface area contributed by atoms with E-state index < -0.39 is 17.7 Å². The summed E-state index contributed by atoms with van der Waals surface area (Å²) < 4.78 is 32.6. The standard InChI is InChI=1S/C13H12F2O2S/c1-7-3-4-8(14)10(11(7)15)12(16)13-9(17-2)5-6-18-13/h3-6,12,16H,1-2H3. The zero-order chi connectivity index (χ0) is 13.3. The molecular formula is C13H12F2O2S. The molecule has 0 radical (unpaired) electrons. The summed E-state index contributed by atoms with van der Waals surface area (Å²) >= 11 is 1.19. The maximum Gasteiger partial charge on any atom is 0.135 e. The van der Waals surface area contributed by atoms with Crippen molar-refractivity contribution >= 4 is 11.3 Å². The Balaban J connectivity index is 2.52. The number of methoxy groups -OCH3 is 1. The fourth-order valence-electron chi connectivity index (χ4n) is 1.74. The number of rotatable bonds is 3. The molecule has 0 aliphatic heterocycles. The zero-order valence-corrected chi connectivity index (χ0v) is 10.7. The molecule has 1 unspecified atom stereocenters. The van der Waals surface area contributed by atoms with E-state index in [0.29, 0.717) is 16.2 Å². The Bertz CT molecular complexity index is 566. The molecule has 0 saturated carbocycles. The third-order valence-electron chi connectivity index (χ3n) is 2.72. The van der Waals surface area contributed by atoms with Crippen molar-refractivity contribution in [3.8, 4) is 5.75 Å². The quantitative estimate of drug-likeness (QED) is 0.926. The predicted octanol–water partition coefficient (Wildman–Crippen LogP) is 3.43. The van der Waals surface area contributed by atoms with Gasteiger partial charge in [-0.1, -0.05) is 6.07 Å². The van der Waals surface area contributed by atoms with Crippen LogP contribution in [-0.4, -0.2) is 12.2 Å². The highest BCUT2D eigenvalue weighted by atomic mass is 32.1. The van der Waals surface area contributed by atoms with Crippen LogP contribution in [0.25, 0.3) is 0 Å². The van der Waals surface area contributed by atoms with Gasteiger partial charge in [-0.3, -0.25) is 0 Å². The number of benzene rings is 1. The van der Waals surface area contributed by atoms with Gasteiger partial charge < -0.3 is 9.84 Å². The first-order chi connectivity index (χ1) is 8.56. The van der Waals surface area contributed by atoms with Crippen LogP contribution in [0.3, 0.4) is 0 Å². The van der Waals surface area contributed by atoms with Crippen LogP contribution in [0.1, 0.15) is 22.1 Å². The summed E-state index contributed by atoms with van der Waals surface area (Å²) in [5.41, 5.74) is -0.0447. The summed E-state index contributed by atoms with van der Waals surface area (Å²) in [5, 5.41) is 11.8. The third kappa shape index (κ3) is 2.11. The Hall–Kier alpha value is -1.46. The Morgan fingerprint density at radius 1 is 1.28 bits per heavy atom. The van der Waals surface area contributed by atoms with Crippen LogP contribution in [0.5, 0.6) is 5.75 Å². The Labute approximate surface area is 107 Å². The van der Waals surface area contributed by atoms with E-state index in [0.717, 1.165) is 6.07 Å². The van der Waals surface area contributed by atoms with E-state index in [9.17, 15) is 13.9 Å². The average molecular weight is 270 g/mol. The molecule has 2 nitrogen and oxygen atoms in total. The molecule has 96 valence electrons. The third-order valence-corrected chi connectivity index (χ3v) is 3.67. The normalized spacial score (nSPS) is 12.5. The molecule has 18 heavy (non-hydrogen) atoms. The fraction of sp³-hybridized carbons (Fsp3) is 0.231. The second kappa shape index (κ2) is 5.04. The van der Waals surface area contributed by atoms with Crippen molar-refractivity contribution in [2.24, 2.45) is 0 Å². The van der Waals surface area contributed by atoms with Crippen molar-refractivity contribution in [3.63, 3.8) is 0 Å². The molecule has 1 atom stereocenters. The molecule has 0 saturated heterocycles. The van der Waals surface area contributed by atoms with Gasteiger partial charge >= 0.3 is 0 Å². The average Bonchev–Trinajstić information content (AvgIpc) is 2.82. The number of hydrogen-bond acceptors (Lipinski definition) is 3. The molecule has 1 aromatic carbocycles. The SMILES string of the molecule is COc1ccsc1C(O)c1c(F)ccc(C)c1F. The van der Waals surface area contributed by atoms with Gasteiger partial charge in [0, 0.05) is 0 Å². The van der Waals surface area contributed by atoms with Gasteiger partial charge in [-0.05, 0) is 30.0 Å². The minimum atomic E-state index is -1.36. The van der Waals surface area contributed by atoms with Crippen molar-refractivity contribution in [1.82, 2.24) is 0 Å². The van der Waals surface area contributed by atoms with E-state index in [1.54, 1.807) is 11.4 Å². The lowest BCUT2D eigenvalue weighted by Crippen LogP contribution is -2.06. The van der Waals surface area contributed by atoms with Gasteiger partial charge in [-0.25, -0.2) is 8.78 Å². The largest absolute Gasteiger partial charge is 0.495 e. The lowest BCUT2D eigenvalue weighted by molar-refractivity contribution is 0.208. The number of hydrogen-bond donors (Lipinski definition) is 1. The summed E-state index contributed by atoms with van der Waals surface area (Å²) in [7, 11) is 1.45. The summed E-state index contributed by atoms with van der Waals surface area (Å²) in [6, 6.07) is 4.14. The number of aliphatic hydroxyl groups is 1. The minimum absolute atomic E-state index is 0.293. The fourth-order valence-corrected chi connectivity index (χ4v) is 2.59. The van der Waals surface area contributed by atoms with Gasteiger partial charge in [0.2, 0.25) is 0 Å². The number of aliphatic hydroxyl groups excluding tert-OH is 1. The van der Waals surface area contributed by atoms with E-state index >= 15 is 0 Å². The first-order valence-corrected chi connectivity index (χ1v) is 6.18. The van der Waals surface area contributed by atoms with E-state index in [1.165, 1.54) is 31.4 Å². The van der Waals surface area contributed by atoms with Gasteiger partial charge in [-0.15, -0.1) is 11.3 Å². The van der Waals surface area contributed by atoms with Crippen LogP contribution >= 0.6 is 11.3 Å². The van der Waals surface area contributed by atoms with Crippen molar-refractivity contribution in [2.45, 2.75) is 13.0 Å². The van der Waals surface area contributed by atoms with E-state index in [1.807, 2.05) is 0 Å². The van der Waals surface area contributed by atoms with E-state index in [2.05, 4.69) is 0 Å². The second-order valence-electron chi connectivity index (χ2n) is 3.85. The number of halogens is 2. The van der Waals surface area contributed by atoms with Crippen LogP contribution in [0, 0.1) is 18.6 Å². The predicted molar refractivity (Wildman–Crippen MR) is 66.0 cm³/mol. The smallest absolute Gasteiger partial charge is 0.135 e. The highest BCUT2D eigenvalue weighted by Crippen LogP contribution is 2.37. The Kier molecular flexibility index (Phi) is 3.63. The molecule has 0 aliphatic carbocycles. The summed E-state index contributed by atoms with van der Waals surface area (Å²) in [6.45, 7) is 1.52. The zero-order valence-electron chi connectivity index (χ0n) is 9.91. The number of thiophene rings is 1. The van der Waals surface area contributed by atoms with Crippen molar-refractivity contribution < 1.29 is 18.6 Å². The van der Waals surface area contributed by atoms with Crippen molar-refractivity contribution in [3.05, 3.63) is 51.2 Å². The van der Waals surface area contributed by atoms with Gasteiger partial charge in [0.25, 0.3) is 0 Å². The van der Waals surface area contributed by atoms with Crippen LogP contribution in [0.4, 0.5) is 8.78 Å². The molecule has 0 amide bonds. The minimum Gasteiger partial charge on any atom is -0.495 e. The van der Waals surface area contributed by atoms with Gasteiger partial charge in [0.1, 0.15) is 23.5 Å². The summed E-state index contributed by atoms with van der Waals surface area (Å²) in [6.07, 6.45) is -1.36. The van der Waals surface area contributed by atoms with Gasteiger partial charge in [0.15, 0.2) is 0 Å². The molecule has 0 aliphatic rings. The molecule has 0 fully saturated rings. The van der Waals surface area contributed by atoms with Gasteiger partial charge in [-0.2, -0.15) is 0 Å². The highest BCUT2D eigenvalue weighted by molar-refractivity contribution is 7.10. The second-order valence-corrected chi connectivity index (χ2v) is 4.80. The van der Waals surface area contributed by atoms with Crippen LogP contribution in [-0.2, 0) is 0 Å². The maximum absolute atomic E-state index is 13.9. The maximum atomic E-state index is 13.9. The molecule has 2 rings (SSSR count). The van der Waals surface area contributed by atoms with Crippen molar-refractivity contribution in [2.75, 3.05) is 7.11 Å². The molecule has 5 heteroatoms. The monoisotopic (exact) mass is 270 g/mol. The van der Waals surface area contributed by atoms with Crippen LogP contribution in [0.2, 0.25) is 0 Å². The molecular weight excluding hydrogens is 258 g/mol. The first-order valence-electron chi connectivity index (χ1n) is 5.30. The molecule has 1 aromatic heterocycles. The number of aryl methyl sites for hydroxylation is 1. The van der Waals surface area contributed by atoms with Gasteiger partial charge in [0.05, 0.1) is 17.6 Å². The summed E-state index contributed by atoms with van der Waals surface area (Å²) in [5.74, 6) is -1.06. The molecule has 2 aromatic rings. The van der Waals surface area contributed by atoms with Crippen LogP contribution < -0.4 is 4.74 Å². The van der Waals surface area contributed by atoms with E-state index in [-0.39, 0.29) is 5.56 Å². The first kappa shape index (κ1) is 13.0. The Morgan fingerprint density at radius 3 is 2.67 bits per heavy atom. The molecule has 0 bridgehead atoms. The Morgan fingerprint density at radius 2 is 2.00 bits per heavy atom. The molecule has 0 spiro atoms. The lowest BCUT2D eigenvalue weighted by Gasteiger charge is -2.14. The lowest BCUT2D eigenvalue weighted by atomic mass is 10.0. The summed E-state index contributed by atoms with van der Waals surface area (Å²) in [4.78, 5) is 0.390. The van der Waals surface area contributed by atoms with Crippen molar-refractivity contribution in [1.29, 1.82) is 0 Å². The molecule has 1 N–H and O–H groups in total. The highest BCUT2D eigenvalue weighted by Gasteiger charge is 2.24. The topological polar surface area (TPSA) is 29.5 Å². The van der Waals surface area contributed by atoms with Crippen LogP contribution in [0.15, 0.2) is 23.6 Å². The number of ether oxygens (including phenoxy) is 1.